The Morgan fingerprint density at radius 1 is 1.07 bits per heavy atom. The van der Waals surface area contributed by atoms with Crippen LogP contribution in [0, 0.1) is 0 Å². The van der Waals surface area contributed by atoms with E-state index in [0.717, 1.165) is 41.9 Å². The van der Waals surface area contributed by atoms with Crippen LogP contribution in [0.25, 0.3) is 11.4 Å². The maximum Gasteiger partial charge on any atom is 0.251 e. The van der Waals surface area contributed by atoms with Gasteiger partial charge in [0.15, 0.2) is 0 Å². The van der Waals surface area contributed by atoms with E-state index in [1.54, 1.807) is 18.9 Å². The van der Waals surface area contributed by atoms with Crippen LogP contribution >= 0.6 is 11.8 Å². The van der Waals surface area contributed by atoms with Gasteiger partial charge in [0.25, 0.3) is 5.91 Å². The molecule has 3 rings (SSSR count). The van der Waals surface area contributed by atoms with Crippen LogP contribution < -0.4 is 10.1 Å². The van der Waals surface area contributed by atoms with Crippen molar-refractivity contribution in [2.24, 2.45) is 0 Å². The molecular formula is C22H25N3O3S. The Bertz CT molecular complexity index is 908. The molecule has 0 spiro atoms. The predicted octanol–water partition coefficient (Wildman–Crippen LogP) is 4.61. The van der Waals surface area contributed by atoms with Crippen LogP contribution in [0.5, 0.6) is 5.75 Å². The number of aromatic nitrogens is 2. The molecule has 29 heavy (non-hydrogen) atoms. The number of nitrogens with zero attached hydrogens (tertiary/aromatic N) is 2. The molecule has 0 unspecified atom stereocenters. The quantitative estimate of drug-likeness (QED) is 0.388. The van der Waals surface area contributed by atoms with Gasteiger partial charge in [-0.05, 0) is 67.6 Å². The normalized spacial score (nSPS) is 10.7. The molecule has 0 bridgehead atoms. The van der Waals surface area contributed by atoms with Gasteiger partial charge in [0.1, 0.15) is 5.75 Å². The molecule has 0 aliphatic heterocycles. The first kappa shape index (κ1) is 20.9. The van der Waals surface area contributed by atoms with Gasteiger partial charge in [0.2, 0.25) is 11.7 Å². The molecule has 1 amide bonds. The van der Waals surface area contributed by atoms with E-state index < -0.39 is 0 Å². The lowest BCUT2D eigenvalue weighted by molar-refractivity contribution is 0.0953. The van der Waals surface area contributed by atoms with Gasteiger partial charge in [-0.15, -0.1) is 11.8 Å². The zero-order valence-electron chi connectivity index (χ0n) is 16.7. The average Bonchev–Trinajstić information content (AvgIpc) is 3.25. The van der Waals surface area contributed by atoms with Crippen LogP contribution in [0.3, 0.4) is 0 Å². The van der Waals surface area contributed by atoms with Crippen molar-refractivity contribution in [2.75, 3.05) is 19.9 Å². The largest absolute Gasteiger partial charge is 0.497 e. The van der Waals surface area contributed by atoms with Crippen molar-refractivity contribution in [3.8, 4) is 17.1 Å². The Hall–Kier alpha value is -2.80. The standard InChI is InChI=1S/C22H25N3O3S/c1-27-18-11-7-16(8-12-18)21-24-20(28-25-21)6-4-3-5-15-23-22(26)17-9-13-19(29-2)14-10-17/h7-14H,3-6,15H2,1-2H3,(H,23,26). The maximum absolute atomic E-state index is 12.1. The highest BCUT2D eigenvalue weighted by molar-refractivity contribution is 7.98. The topological polar surface area (TPSA) is 77.3 Å². The minimum atomic E-state index is -0.0290. The van der Waals surface area contributed by atoms with Gasteiger partial charge in [0, 0.05) is 29.0 Å². The Labute approximate surface area is 175 Å². The van der Waals surface area contributed by atoms with Crippen LogP contribution in [0.2, 0.25) is 0 Å². The number of nitrogens with one attached hydrogen (secondary N) is 1. The summed E-state index contributed by atoms with van der Waals surface area (Å²) >= 11 is 1.66. The van der Waals surface area contributed by atoms with Crippen LogP contribution in [-0.4, -0.2) is 36.0 Å². The predicted molar refractivity (Wildman–Crippen MR) is 114 cm³/mol. The van der Waals surface area contributed by atoms with Gasteiger partial charge in [-0.2, -0.15) is 4.98 Å². The third-order valence-corrected chi connectivity index (χ3v) is 5.27. The summed E-state index contributed by atoms with van der Waals surface area (Å²) in [5, 5.41) is 7.00. The van der Waals surface area contributed by atoms with E-state index in [-0.39, 0.29) is 5.91 Å². The fraction of sp³-hybridized carbons (Fsp3) is 0.318. The fourth-order valence-corrected chi connectivity index (χ4v) is 3.25. The van der Waals surface area contributed by atoms with E-state index >= 15 is 0 Å². The number of ether oxygens (including phenoxy) is 1. The molecule has 1 heterocycles. The van der Waals surface area contributed by atoms with Crippen LogP contribution in [0.4, 0.5) is 0 Å². The molecule has 7 heteroatoms. The van der Waals surface area contributed by atoms with Gasteiger partial charge in [0.05, 0.1) is 7.11 Å². The monoisotopic (exact) mass is 411 g/mol. The molecule has 3 aromatic rings. The number of hydrogen-bond acceptors (Lipinski definition) is 6. The second-order valence-electron chi connectivity index (χ2n) is 6.54. The number of unbranched alkanes of at least 4 members (excludes halogenated alkanes) is 2. The summed E-state index contributed by atoms with van der Waals surface area (Å²) < 4.78 is 10.5. The van der Waals surface area contributed by atoms with Gasteiger partial charge in [-0.1, -0.05) is 11.6 Å². The molecule has 1 N–H and O–H groups in total. The number of carbonyl (C=O) groups excluding carboxylic acids is 1. The summed E-state index contributed by atoms with van der Waals surface area (Å²) in [6, 6.07) is 15.2. The third-order valence-electron chi connectivity index (χ3n) is 4.52. The minimum Gasteiger partial charge on any atom is -0.497 e. The highest BCUT2D eigenvalue weighted by atomic mass is 32.2. The highest BCUT2D eigenvalue weighted by Gasteiger charge is 2.09. The molecule has 1 aromatic heterocycles. The molecule has 0 aliphatic carbocycles. The van der Waals surface area contributed by atoms with Crippen molar-refractivity contribution in [3.05, 3.63) is 60.0 Å². The smallest absolute Gasteiger partial charge is 0.251 e. The zero-order valence-corrected chi connectivity index (χ0v) is 17.5. The summed E-state index contributed by atoms with van der Waals surface area (Å²) in [5.74, 6) is 1.98. The summed E-state index contributed by atoms with van der Waals surface area (Å²) in [5.41, 5.74) is 1.59. The van der Waals surface area contributed by atoms with Crippen molar-refractivity contribution in [1.82, 2.24) is 15.5 Å². The van der Waals surface area contributed by atoms with E-state index in [2.05, 4.69) is 15.5 Å². The van der Waals surface area contributed by atoms with E-state index in [1.807, 2.05) is 54.8 Å². The third kappa shape index (κ3) is 6.09. The maximum atomic E-state index is 12.1. The molecule has 152 valence electrons. The van der Waals surface area contributed by atoms with Crippen molar-refractivity contribution in [2.45, 2.75) is 30.6 Å². The molecule has 0 saturated heterocycles. The number of amides is 1. The minimum absolute atomic E-state index is 0.0290. The molecule has 0 aliphatic rings. The Morgan fingerprint density at radius 2 is 1.83 bits per heavy atom. The second kappa shape index (κ2) is 10.7. The van der Waals surface area contributed by atoms with Gasteiger partial charge < -0.3 is 14.6 Å². The van der Waals surface area contributed by atoms with E-state index in [4.69, 9.17) is 9.26 Å². The van der Waals surface area contributed by atoms with Gasteiger partial charge in [-0.3, -0.25) is 4.79 Å². The lowest BCUT2D eigenvalue weighted by Crippen LogP contribution is -2.24. The van der Waals surface area contributed by atoms with Crippen LogP contribution in [-0.2, 0) is 6.42 Å². The Balaban J connectivity index is 1.35. The van der Waals surface area contributed by atoms with Crippen molar-refractivity contribution < 1.29 is 14.1 Å². The molecule has 6 nitrogen and oxygen atoms in total. The molecule has 0 atom stereocenters. The first-order valence-electron chi connectivity index (χ1n) is 9.59. The molecular weight excluding hydrogens is 386 g/mol. The van der Waals surface area contributed by atoms with Gasteiger partial charge in [-0.25, -0.2) is 0 Å². The number of benzene rings is 2. The Kier molecular flexibility index (Phi) is 7.69. The van der Waals surface area contributed by atoms with Gasteiger partial charge >= 0.3 is 0 Å². The second-order valence-corrected chi connectivity index (χ2v) is 7.41. The van der Waals surface area contributed by atoms with E-state index in [0.29, 0.717) is 23.8 Å². The Morgan fingerprint density at radius 3 is 2.52 bits per heavy atom. The van der Waals surface area contributed by atoms with Crippen molar-refractivity contribution >= 4 is 17.7 Å². The first-order valence-corrected chi connectivity index (χ1v) is 10.8. The zero-order chi connectivity index (χ0) is 20.5. The number of carbonyl (C=O) groups is 1. The SMILES string of the molecule is COc1ccc(-c2noc(CCCCCNC(=O)c3ccc(SC)cc3)n2)cc1. The molecule has 0 saturated carbocycles. The highest BCUT2D eigenvalue weighted by Crippen LogP contribution is 2.20. The summed E-state index contributed by atoms with van der Waals surface area (Å²) in [7, 11) is 1.63. The lowest BCUT2D eigenvalue weighted by Gasteiger charge is -2.05. The van der Waals surface area contributed by atoms with E-state index in [9.17, 15) is 4.79 Å². The average molecular weight is 412 g/mol. The fourth-order valence-electron chi connectivity index (χ4n) is 2.84. The number of hydrogen-bond donors (Lipinski definition) is 1. The molecule has 0 fully saturated rings. The molecule has 0 radical (unpaired) electrons. The van der Waals surface area contributed by atoms with E-state index in [1.165, 1.54) is 0 Å². The summed E-state index contributed by atoms with van der Waals surface area (Å²) in [6.45, 7) is 0.657. The first-order chi connectivity index (χ1) is 14.2. The summed E-state index contributed by atoms with van der Waals surface area (Å²) in [6.07, 6.45) is 5.57. The number of thioether (sulfide) groups is 1. The lowest BCUT2D eigenvalue weighted by atomic mass is 10.1. The number of methoxy groups -OCH3 is 1. The number of aryl methyl sites for hydroxylation is 1. The van der Waals surface area contributed by atoms with Crippen LogP contribution in [0.15, 0.2) is 57.9 Å². The van der Waals surface area contributed by atoms with Crippen molar-refractivity contribution in [3.63, 3.8) is 0 Å². The summed E-state index contributed by atoms with van der Waals surface area (Å²) in [4.78, 5) is 17.7. The molecule has 2 aromatic carbocycles. The number of rotatable bonds is 10. The van der Waals surface area contributed by atoms with Crippen LogP contribution in [0.1, 0.15) is 35.5 Å². The van der Waals surface area contributed by atoms with Crippen molar-refractivity contribution in [1.29, 1.82) is 0 Å².